The van der Waals surface area contributed by atoms with Crippen LogP contribution in [-0.2, 0) is 0 Å². The molecule has 18 heavy (non-hydrogen) atoms. The van der Waals surface area contributed by atoms with E-state index < -0.39 is 0 Å². The fourth-order valence-corrected chi connectivity index (χ4v) is 1.67. The number of allylic oxidation sites excluding steroid dienone is 12. The maximum Gasteiger partial charge on any atom is -0.00198 e. The van der Waals surface area contributed by atoms with Gasteiger partial charge in [-0.3, -0.25) is 0 Å². The normalized spacial score (nSPS) is 17.2. The molecule has 0 aromatic carbocycles. The highest BCUT2D eigenvalue weighted by molar-refractivity contribution is 5.49. The van der Waals surface area contributed by atoms with E-state index in [-0.39, 0.29) is 0 Å². The van der Waals surface area contributed by atoms with Crippen LogP contribution in [0.25, 0.3) is 0 Å². The fraction of sp³-hybridized carbons (Fsp3) is 0.222. The molecule has 0 amide bonds. The van der Waals surface area contributed by atoms with Gasteiger partial charge in [-0.2, -0.15) is 0 Å². The summed E-state index contributed by atoms with van der Waals surface area (Å²) in [5.41, 5.74) is 3.82. The van der Waals surface area contributed by atoms with Crippen molar-refractivity contribution in [3.8, 4) is 0 Å². The molecule has 0 unspecified atom stereocenters. The van der Waals surface area contributed by atoms with Crippen LogP contribution in [0.1, 0.15) is 27.2 Å². The molecule has 0 aromatic heterocycles. The van der Waals surface area contributed by atoms with Crippen molar-refractivity contribution in [2.24, 2.45) is 0 Å². The van der Waals surface area contributed by atoms with Gasteiger partial charge in [0.05, 0.1) is 0 Å². The molecule has 0 nitrogen and oxygen atoms in total. The van der Waals surface area contributed by atoms with Crippen molar-refractivity contribution in [1.82, 2.24) is 0 Å². The molecular formula is C18H24. The van der Waals surface area contributed by atoms with Gasteiger partial charge in [0.2, 0.25) is 0 Å². The Bertz CT molecular complexity index is 409. The van der Waals surface area contributed by atoms with Gasteiger partial charge in [0, 0.05) is 0 Å². The molecular weight excluding hydrogens is 216 g/mol. The Balaban J connectivity index is 0.00000137. The third kappa shape index (κ3) is 5.49. The average Bonchev–Trinajstić information content (AvgIpc) is 2.41. The summed E-state index contributed by atoms with van der Waals surface area (Å²) in [6, 6.07) is 0. The molecule has 0 saturated carbocycles. The molecule has 0 spiro atoms. The quantitative estimate of drug-likeness (QED) is 0.553. The average molecular weight is 240 g/mol. The Labute approximate surface area is 112 Å². The highest BCUT2D eigenvalue weighted by Gasteiger charge is 2.06. The van der Waals surface area contributed by atoms with E-state index in [4.69, 9.17) is 0 Å². The first-order valence-electron chi connectivity index (χ1n) is 6.46. The minimum atomic E-state index is 0.951. The second-order valence-electron chi connectivity index (χ2n) is 3.56. The molecule has 1 aliphatic rings. The molecule has 0 fully saturated rings. The van der Waals surface area contributed by atoms with E-state index in [1.165, 1.54) is 16.7 Å². The van der Waals surface area contributed by atoms with Crippen LogP contribution in [0.3, 0.4) is 0 Å². The minimum absolute atomic E-state index is 0.951. The lowest BCUT2D eigenvalue weighted by atomic mass is 9.93. The Hall–Kier alpha value is -1.82. The number of hydrogen-bond donors (Lipinski definition) is 0. The molecule has 0 aromatic rings. The molecule has 0 bridgehead atoms. The molecule has 0 N–H and O–H groups in total. The highest BCUT2D eigenvalue weighted by atomic mass is 14.1. The predicted octanol–water partition coefficient (Wildman–Crippen LogP) is 5.70. The third-order valence-corrected chi connectivity index (χ3v) is 2.35. The van der Waals surface area contributed by atoms with E-state index in [9.17, 15) is 0 Å². The zero-order valence-corrected chi connectivity index (χ0v) is 11.8. The van der Waals surface area contributed by atoms with Crippen molar-refractivity contribution < 1.29 is 0 Å². The standard InChI is InChI=1S/C16H18.C2H6/c1-4-8-14-11-7-12-16(13-14)15(9-5-2)10-6-3;1-2/h4-12H,1-2,13H2,3H3;1-2H3/b10-6-,14-8-,15-9+;. The molecule has 96 valence electrons. The van der Waals surface area contributed by atoms with Gasteiger partial charge in [0.1, 0.15) is 0 Å². The molecule has 0 radical (unpaired) electrons. The molecule has 0 heterocycles. The summed E-state index contributed by atoms with van der Waals surface area (Å²) in [7, 11) is 0. The zero-order valence-electron chi connectivity index (χ0n) is 11.8. The second kappa shape index (κ2) is 10.3. The first-order chi connectivity index (χ1) is 8.81. The van der Waals surface area contributed by atoms with Crippen molar-refractivity contribution in [2.75, 3.05) is 0 Å². The molecule has 0 saturated heterocycles. The van der Waals surface area contributed by atoms with Crippen LogP contribution < -0.4 is 0 Å². The van der Waals surface area contributed by atoms with E-state index in [0.717, 1.165) is 6.42 Å². The van der Waals surface area contributed by atoms with E-state index in [0.29, 0.717) is 0 Å². The molecule has 0 atom stereocenters. The van der Waals surface area contributed by atoms with Crippen LogP contribution in [0.4, 0.5) is 0 Å². The fourth-order valence-electron chi connectivity index (χ4n) is 1.67. The van der Waals surface area contributed by atoms with Crippen molar-refractivity contribution >= 4 is 0 Å². The minimum Gasteiger partial charge on any atom is -0.0991 e. The van der Waals surface area contributed by atoms with E-state index in [2.05, 4.69) is 37.5 Å². The molecule has 0 heteroatoms. The lowest BCUT2D eigenvalue weighted by molar-refractivity contribution is 1.16. The first-order valence-corrected chi connectivity index (χ1v) is 6.46. The van der Waals surface area contributed by atoms with Gasteiger partial charge in [-0.05, 0) is 30.1 Å². The molecule has 0 aliphatic heterocycles. The zero-order chi connectivity index (χ0) is 13.8. The Kier molecular flexibility index (Phi) is 9.30. The van der Waals surface area contributed by atoms with Crippen LogP contribution in [-0.4, -0.2) is 0 Å². The van der Waals surface area contributed by atoms with E-state index >= 15 is 0 Å². The van der Waals surface area contributed by atoms with Gasteiger partial charge in [-0.1, -0.05) is 81.7 Å². The SMILES string of the molecule is C=C/C=C1/C=CC=C(C(/C=C\C)=C/C=C)C1.CC. The number of hydrogen-bond acceptors (Lipinski definition) is 0. The van der Waals surface area contributed by atoms with Gasteiger partial charge < -0.3 is 0 Å². The summed E-state index contributed by atoms with van der Waals surface area (Å²) in [6.45, 7) is 13.5. The Morgan fingerprint density at radius 1 is 1.22 bits per heavy atom. The van der Waals surface area contributed by atoms with Gasteiger partial charge in [-0.25, -0.2) is 0 Å². The van der Waals surface area contributed by atoms with Crippen LogP contribution >= 0.6 is 0 Å². The van der Waals surface area contributed by atoms with Gasteiger partial charge in [0.25, 0.3) is 0 Å². The summed E-state index contributed by atoms with van der Waals surface area (Å²) in [5.74, 6) is 0. The summed E-state index contributed by atoms with van der Waals surface area (Å²) in [4.78, 5) is 0. The van der Waals surface area contributed by atoms with Crippen molar-refractivity contribution in [3.05, 3.63) is 84.6 Å². The van der Waals surface area contributed by atoms with Crippen LogP contribution in [0.15, 0.2) is 84.6 Å². The largest absolute Gasteiger partial charge is 0.0991 e. The van der Waals surface area contributed by atoms with Crippen molar-refractivity contribution in [3.63, 3.8) is 0 Å². The Morgan fingerprint density at radius 2 is 1.94 bits per heavy atom. The van der Waals surface area contributed by atoms with E-state index in [1.807, 2.05) is 51.2 Å². The highest BCUT2D eigenvalue weighted by Crippen LogP contribution is 2.25. The van der Waals surface area contributed by atoms with Gasteiger partial charge in [-0.15, -0.1) is 0 Å². The monoisotopic (exact) mass is 240 g/mol. The smallest absolute Gasteiger partial charge is 0.00198 e. The van der Waals surface area contributed by atoms with Crippen LogP contribution in [0, 0.1) is 0 Å². The number of rotatable bonds is 4. The van der Waals surface area contributed by atoms with Crippen molar-refractivity contribution in [2.45, 2.75) is 27.2 Å². The van der Waals surface area contributed by atoms with E-state index in [1.54, 1.807) is 0 Å². The summed E-state index contributed by atoms with van der Waals surface area (Å²) < 4.78 is 0. The molecule has 1 aliphatic carbocycles. The van der Waals surface area contributed by atoms with Crippen molar-refractivity contribution in [1.29, 1.82) is 0 Å². The summed E-state index contributed by atoms with van der Waals surface area (Å²) >= 11 is 0. The van der Waals surface area contributed by atoms with Crippen LogP contribution in [0.5, 0.6) is 0 Å². The maximum absolute atomic E-state index is 3.75. The predicted molar refractivity (Wildman–Crippen MR) is 84.6 cm³/mol. The summed E-state index contributed by atoms with van der Waals surface area (Å²) in [6.07, 6.45) is 19.2. The summed E-state index contributed by atoms with van der Waals surface area (Å²) in [5, 5.41) is 0. The topological polar surface area (TPSA) is 0 Å². The maximum atomic E-state index is 3.75. The second-order valence-corrected chi connectivity index (χ2v) is 3.56. The van der Waals surface area contributed by atoms with Crippen LogP contribution in [0.2, 0.25) is 0 Å². The lowest BCUT2D eigenvalue weighted by Crippen LogP contribution is -1.93. The van der Waals surface area contributed by atoms with Gasteiger partial charge in [0.15, 0.2) is 0 Å². The first kappa shape index (κ1) is 16.2. The van der Waals surface area contributed by atoms with Gasteiger partial charge >= 0.3 is 0 Å². The Morgan fingerprint density at radius 3 is 2.50 bits per heavy atom. The molecule has 1 rings (SSSR count). The third-order valence-electron chi connectivity index (χ3n) is 2.35. The lowest BCUT2D eigenvalue weighted by Gasteiger charge is -2.12.